The average Bonchev–Trinajstić information content (AvgIpc) is 3.25. The molecule has 2 N–H and O–H groups in total. The highest BCUT2D eigenvalue weighted by Gasteiger charge is 2.30. The van der Waals surface area contributed by atoms with Crippen molar-refractivity contribution in [3.8, 4) is 5.69 Å². The Kier molecular flexibility index (Phi) is 6.60. The Morgan fingerprint density at radius 2 is 1.86 bits per heavy atom. The lowest BCUT2D eigenvalue weighted by Gasteiger charge is -2.30. The summed E-state index contributed by atoms with van der Waals surface area (Å²) in [6.45, 7) is 0.110. The molecule has 0 radical (unpaired) electrons. The van der Waals surface area contributed by atoms with Gasteiger partial charge in [-0.3, -0.25) is 9.59 Å². The van der Waals surface area contributed by atoms with E-state index in [1.165, 1.54) is 4.90 Å². The van der Waals surface area contributed by atoms with E-state index in [9.17, 15) is 18.0 Å². The van der Waals surface area contributed by atoms with E-state index in [1.807, 2.05) is 0 Å². The number of nitrogens with zero attached hydrogens (tertiary/aromatic N) is 4. The molecule has 2 amide bonds. The third kappa shape index (κ3) is 5.39. The van der Waals surface area contributed by atoms with Crippen LogP contribution >= 0.6 is 0 Å². The van der Waals surface area contributed by atoms with Gasteiger partial charge in [0.2, 0.25) is 5.91 Å². The number of benzene rings is 1. The molecule has 1 atom stereocenters. The van der Waals surface area contributed by atoms with Gasteiger partial charge in [-0.25, -0.2) is 13.1 Å². The number of hydrogen-bond donors (Lipinski definition) is 2. The molecular weight excluding hydrogens is 398 g/mol. The molecular formula is C18H23N5O5S. The van der Waals surface area contributed by atoms with Crippen molar-refractivity contribution >= 4 is 21.7 Å². The lowest BCUT2D eigenvalue weighted by molar-refractivity contribution is -0.133. The molecule has 1 aromatic carbocycles. The summed E-state index contributed by atoms with van der Waals surface area (Å²) < 4.78 is 24.7. The van der Waals surface area contributed by atoms with Gasteiger partial charge in [-0.2, -0.15) is 0 Å². The van der Waals surface area contributed by atoms with Gasteiger partial charge < -0.3 is 15.3 Å². The maximum Gasteiger partial charge on any atom is 0.251 e. The van der Waals surface area contributed by atoms with Crippen molar-refractivity contribution in [1.29, 1.82) is 0 Å². The highest BCUT2D eigenvalue weighted by Crippen LogP contribution is 2.12. The topological polar surface area (TPSA) is 134 Å². The lowest BCUT2D eigenvalue weighted by Crippen LogP contribution is -2.52. The van der Waals surface area contributed by atoms with Crippen molar-refractivity contribution in [2.75, 3.05) is 31.2 Å². The van der Waals surface area contributed by atoms with Crippen LogP contribution in [0.5, 0.6) is 0 Å². The highest BCUT2D eigenvalue weighted by molar-refractivity contribution is 7.91. The van der Waals surface area contributed by atoms with Crippen LogP contribution in [0.25, 0.3) is 5.69 Å². The van der Waals surface area contributed by atoms with Gasteiger partial charge in [0.1, 0.15) is 6.04 Å². The number of aliphatic hydroxyl groups excluding tert-OH is 1. The van der Waals surface area contributed by atoms with Gasteiger partial charge in [-0.1, -0.05) is 5.21 Å². The fourth-order valence-corrected chi connectivity index (χ4v) is 4.26. The van der Waals surface area contributed by atoms with Crippen molar-refractivity contribution in [3.63, 3.8) is 0 Å². The first-order valence-electron chi connectivity index (χ1n) is 9.27. The number of hydrogen-bond acceptors (Lipinski definition) is 7. The Hall–Kier alpha value is -2.79. The molecule has 2 aromatic rings. The van der Waals surface area contributed by atoms with E-state index in [-0.39, 0.29) is 43.5 Å². The van der Waals surface area contributed by atoms with Crippen molar-refractivity contribution in [1.82, 2.24) is 25.2 Å². The van der Waals surface area contributed by atoms with E-state index in [0.29, 0.717) is 12.0 Å². The van der Waals surface area contributed by atoms with Gasteiger partial charge in [-0.05, 0) is 37.1 Å². The minimum absolute atomic E-state index is 0.0802. The molecule has 2 heterocycles. The van der Waals surface area contributed by atoms with E-state index in [0.717, 1.165) is 5.69 Å². The van der Waals surface area contributed by atoms with Crippen LogP contribution in [0, 0.1) is 0 Å². The van der Waals surface area contributed by atoms with Crippen LogP contribution in [-0.2, 0) is 14.6 Å². The normalized spacial score (nSPS) is 16.9. The third-order valence-corrected chi connectivity index (χ3v) is 6.34. The van der Waals surface area contributed by atoms with Gasteiger partial charge in [0.15, 0.2) is 9.84 Å². The second-order valence-corrected chi connectivity index (χ2v) is 9.07. The van der Waals surface area contributed by atoms with Crippen LogP contribution in [0.3, 0.4) is 0 Å². The maximum atomic E-state index is 12.8. The van der Waals surface area contributed by atoms with Crippen molar-refractivity contribution in [2.45, 2.75) is 18.9 Å². The van der Waals surface area contributed by atoms with Crippen molar-refractivity contribution in [3.05, 3.63) is 42.2 Å². The second kappa shape index (κ2) is 9.14. The first kappa shape index (κ1) is 20.9. The van der Waals surface area contributed by atoms with Gasteiger partial charge >= 0.3 is 0 Å². The number of rotatable bonds is 7. The summed E-state index contributed by atoms with van der Waals surface area (Å²) in [4.78, 5) is 26.9. The van der Waals surface area contributed by atoms with Gasteiger partial charge in [-0.15, -0.1) is 5.10 Å². The standard InChI is InChI=1S/C18H23N5O5S/c24-11-1-2-16(18(26)22-9-12-29(27,28)13-10-22)20-17(25)14-3-5-15(6-4-14)23-8-7-19-21-23/h3-8,16,24H,1-2,9-13H2,(H,20,25)/t16-/m0/s1. The Balaban J connectivity index is 1.67. The van der Waals surface area contributed by atoms with E-state index >= 15 is 0 Å². The largest absolute Gasteiger partial charge is 0.396 e. The number of sulfone groups is 1. The third-order valence-electron chi connectivity index (χ3n) is 4.73. The summed E-state index contributed by atoms with van der Waals surface area (Å²) in [6.07, 6.45) is 3.83. The molecule has 0 spiro atoms. The molecule has 11 heteroatoms. The van der Waals surface area contributed by atoms with E-state index in [1.54, 1.807) is 41.3 Å². The Morgan fingerprint density at radius 3 is 2.45 bits per heavy atom. The summed E-state index contributed by atoms with van der Waals surface area (Å²) in [5, 5.41) is 19.4. The van der Waals surface area contributed by atoms with Gasteiger partial charge in [0.25, 0.3) is 5.91 Å². The van der Waals surface area contributed by atoms with E-state index in [4.69, 9.17) is 5.11 Å². The predicted molar refractivity (Wildman–Crippen MR) is 104 cm³/mol. The molecule has 10 nitrogen and oxygen atoms in total. The molecule has 1 aliphatic rings. The zero-order valence-corrected chi connectivity index (χ0v) is 16.6. The maximum absolute atomic E-state index is 12.8. The lowest BCUT2D eigenvalue weighted by atomic mass is 10.1. The first-order chi connectivity index (χ1) is 13.9. The number of nitrogens with one attached hydrogen (secondary N) is 1. The van der Waals surface area contributed by atoms with Gasteiger partial charge in [0, 0.05) is 25.3 Å². The molecule has 1 saturated heterocycles. The van der Waals surface area contributed by atoms with Crippen LogP contribution in [-0.4, -0.2) is 82.5 Å². The Bertz CT molecular complexity index is 930. The quantitative estimate of drug-likeness (QED) is 0.609. The van der Waals surface area contributed by atoms with E-state index in [2.05, 4.69) is 15.6 Å². The van der Waals surface area contributed by atoms with Crippen molar-refractivity contribution in [2.24, 2.45) is 0 Å². The fourth-order valence-electron chi connectivity index (χ4n) is 3.06. The zero-order chi connectivity index (χ0) is 20.9. The van der Waals surface area contributed by atoms with Crippen LogP contribution in [0.1, 0.15) is 23.2 Å². The Morgan fingerprint density at radius 1 is 1.17 bits per heavy atom. The van der Waals surface area contributed by atoms with E-state index < -0.39 is 21.8 Å². The summed E-state index contributed by atoms with van der Waals surface area (Å²) in [6, 6.07) is 5.83. The molecule has 3 rings (SSSR count). The highest BCUT2D eigenvalue weighted by atomic mass is 32.2. The molecule has 0 bridgehead atoms. The number of amides is 2. The van der Waals surface area contributed by atoms with Crippen LogP contribution in [0.4, 0.5) is 0 Å². The summed E-state index contributed by atoms with van der Waals surface area (Å²) in [5.74, 6) is -0.913. The molecule has 1 aromatic heterocycles. The molecule has 0 aliphatic carbocycles. The molecule has 0 saturated carbocycles. The molecule has 29 heavy (non-hydrogen) atoms. The zero-order valence-electron chi connectivity index (χ0n) is 15.8. The minimum atomic E-state index is -3.11. The number of carbonyl (C=O) groups excluding carboxylic acids is 2. The van der Waals surface area contributed by atoms with Crippen LogP contribution < -0.4 is 5.32 Å². The Labute approximate surface area is 168 Å². The fraction of sp³-hybridized carbons (Fsp3) is 0.444. The first-order valence-corrected chi connectivity index (χ1v) is 11.1. The summed E-state index contributed by atoms with van der Waals surface area (Å²) in [7, 11) is -3.11. The second-order valence-electron chi connectivity index (χ2n) is 6.76. The van der Waals surface area contributed by atoms with Crippen LogP contribution in [0.15, 0.2) is 36.7 Å². The number of aliphatic hydroxyl groups is 1. The van der Waals surface area contributed by atoms with Crippen molar-refractivity contribution < 1.29 is 23.1 Å². The molecule has 0 unspecified atom stereocenters. The smallest absolute Gasteiger partial charge is 0.251 e. The number of aromatic nitrogens is 3. The number of carbonyl (C=O) groups is 2. The van der Waals surface area contributed by atoms with Gasteiger partial charge in [0.05, 0.1) is 29.6 Å². The average molecular weight is 421 g/mol. The molecule has 1 fully saturated rings. The molecule has 1 aliphatic heterocycles. The molecule has 156 valence electrons. The SMILES string of the molecule is O=C(N[C@@H](CCCO)C(=O)N1CCS(=O)(=O)CC1)c1ccc(-n2ccnn2)cc1. The summed E-state index contributed by atoms with van der Waals surface area (Å²) in [5.41, 5.74) is 1.11. The monoisotopic (exact) mass is 421 g/mol. The van der Waals surface area contributed by atoms with Crippen LogP contribution in [0.2, 0.25) is 0 Å². The predicted octanol–water partition coefficient (Wildman–Crippen LogP) is -0.605. The minimum Gasteiger partial charge on any atom is -0.396 e. The summed E-state index contributed by atoms with van der Waals surface area (Å²) >= 11 is 0.